The Morgan fingerprint density at radius 3 is 2.51 bits per heavy atom. The van der Waals surface area contributed by atoms with Gasteiger partial charge in [0.2, 0.25) is 0 Å². The van der Waals surface area contributed by atoms with Crippen LogP contribution in [0.15, 0.2) is 53.5 Å². The summed E-state index contributed by atoms with van der Waals surface area (Å²) in [5.41, 5.74) is 6.37. The molecular weight excluding hydrogens is 458 g/mol. The molecule has 0 saturated carbocycles. The van der Waals surface area contributed by atoms with E-state index in [0.717, 1.165) is 44.4 Å². The minimum absolute atomic E-state index is 0.0682. The first kappa shape index (κ1) is 22.7. The molecular formula is C27H23N5O2S. The van der Waals surface area contributed by atoms with Gasteiger partial charge in [0.15, 0.2) is 5.82 Å². The molecule has 1 aliphatic rings. The van der Waals surface area contributed by atoms with E-state index in [-0.39, 0.29) is 12.4 Å². The number of benzene rings is 2. The van der Waals surface area contributed by atoms with Crippen LogP contribution >= 0.6 is 11.3 Å². The monoisotopic (exact) mass is 481 g/mol. The van der Waals surface area contributed by atoms with E-state index in [4.69, 9.17) is 9.73 Å². The normalized spacial score (nSPS) is 14.4. The maximum Gasteiger partial charge on any atom is 0.308 e. The van der Waals surface area contributed by atoms with Gasteiger partial charge in [-0.25, -0.2) is 0 Å². The SMILES string of the molecule is COC(=O)C[C@@H]1N=C(c2ccc(-c3ccccc3C#N)cc2)c2c(sc(C)c2C)-n2c(C)nnc21. The number of methoxy groups -OCH3 is 1. The Morgan fingerprint density at radius 2 is 1.80 bits per heavy atom. The topological polar surface area (TPSA) is 93.2 Å². The van der Waals surface area contributed by atoms with Crippen molar-refractivity contribution in [3.63, 3.8) is 0 Å². The molecule has 0 unspecified atom stereocenters. The van der Waals surface area contributed by atoms with Crippen LogP contribution in [0, 0.1) is 32.1 Å². The third-order valence-corrected chi connectivity index (χ3v) is 7.54. The van der Waals surface area contributed by atoms with Gasteiger partial charge in [0, 0.05) is 16.0 Å². The number of nitrogens with zero attached hydrogens (tertiary/aromatic N) is 5. The lowest BCUT2D eigenvalue weighted by Gasteiger charge is -2.12. The van der Waals surface area contributed by atoms with Crippen molar-refractivity contribution in [2.75, 3.05) is 7.11 Å². The zero-order chi connectivity index (χ0) is 24.7. The smallest absolute Gasteiger partial charge is 0.308 e. The Morgan fingerprint density at radius 1 is 1.09 bits per heavy atom. The van der Waals surface area contributed by atoms with Crippen molar-refractivity contribution in [1.29, 1.82) is 5.26 Å². The van der Waals surface area contributed by atoms with Gasteiger partial charge in [-0.05, 0) is 43.5 Å². The summed E-state index contributed by atoms with van der Waals surface area (Å²) in [6.45, 7) is 6.10. The molecule has 2 aromatic heterocycles. The summed E-state index contributed by atoms with van der Waals surface area (Å²) in [4.78, 5) is 18.5. The molecule has 0 N–H and O–H groups in total. The van der Waals surface area contributed by atoms with Crippen molar-refractivity contribution >= 4 is 23.0 Å². The fourth-order valence-corrected chi connectivity index (χ4v) is 5.62. The number of carbonyl (C=O) groups excluding carboxylic acids is 1. The maximum atomic E-state index is 12.3. The minimum Gasteiger partial charge on any atom is -0.469 e. The summed E-state index contributed by atoms with van der Waals surface area (Å²) in [6, 6.07) is 17.3. The third kappa shape index (κ3) is 3.84. The van der Waals surface area contributed by atoms with Gasteiger partial charge < -0.3 is 4.74 Å². The Kier molecular flexibility index (Phi) is 5.79. The van der Waals surface area contributed by atoms with Gasteiger partial charge in [0.05, 0.1) is 30.9 Å². The minimum atomic E-state index is -0.531. The number of hydrogen-bond acceptors (Lipinski definition) is 7. The summed E-state index contributed by atoms with van der Waals surface area (Å²) in [5, 5.41) is 19.2. The van der Waals surface area contributed by atoms with Gasteiger partial charge in [0.1, 0.15) is 16.9 Å². The van der Waals surface area contributed by atoms with Crippen molar-refractivity contribution in [3.8, 4) is 22.2 Å². The lowest BCUT2D eigenvalue weighted by atomic mass is 9.95. The molecule has 0 bridgehead atoms. The van der Waals surface area contributed by atoms with Gasteiger partial charge in [-0.3, -0.25) is 14.4 Å². The molecule has 8 heteroatoms. The molecule has 35 heavy (non-hydrogen) atoms. The van der Waals surface area contributed by atoms with Crippen LogP contribution in [0.4, 0.5) is 0 Å². The van der Waals surface area contributed by atoms with E-state index < -0.39 is 6.04 Å². The van der Waals surface area contributed by atoms with Gasteiger partial charge in [-0.15, -0.1) is 21.5 Å². The largest absolute Gasteiger partial charge is 0.469 e. The van der Waals surface area contributed by atoms with Crippen molar-refractivity contribution in [2.45, 2.75) is 33.2 Å². The molecule has 0 radical (unpaired) electrons. The first-order valence-corrected chi connectivity index (χ1v) is 12.0. The van der Waals surface area contributed by atoms with Crippen LogP contribution in [0.2, 0.25) is 0 Å². The number of aliphatic imine (C=N–C) groups is 1. The highest BCUT2D eigenvalue weighted by molar-refractivity contribution is 7.15. The number of thiophene rings is 1. The standard InChI is InChI=1S/C27H23N5O2S/c1-15-16(2)35-27-24(15)25(29-22(13-23(33)34-4)26-31-30-17(3)32(26)27)19-11-9-18(10-12-19)21-8-6-5-7-20(21)14-28/h5-12,22H,13H2,1-4H3/t22-/m0/s1. The van der Waals surface area contributed by atoms with Gasteiger partial charge in [-0.1, -0.05) is 42.5 Å². The predicted octanol–water partition coefficient (Wildman–Crippen LogP) is 5.25. The van der Waals surface area contributed by atoms with Crippen molar-refractivity contribution in [2.24, 2.45) is 4.99 Å². The molecule has 1 atom stereocenters. The average molecular weight is 482 g/mol. The highest BCUT2D eigenvalue weighted by Gasteiger charge is 2.32. The van der Waals surface area contributed by atoms with E-state index >= 15 is 0 Å². The molecule has 0 amide bonds. The second-order valence-electron chi connectivity index (χ2n) is 8.41. The van der Waals surface area contributed by atoms with Crippen LogP contribution in [0.25, 0.3) is 16.1 Å². The van der Waals surface area contributed by atoms with Crippen LogP contribution < -0.4 is 0 Å². The average Bonchev–Trinajstić information content (AvgIpc) is 3.36. The molecule has 2 aromatic carbocycles. The summed E-state index contributed by atoms with van der Waals surface area (Å²) >= 11 is 1.67. The van der Waals surface area contributed by atoms with E-state index in [2.05, 4.69) is 30.1 Å². The number of fused-ring (bicyclic) bond motifs is 3. The molecule has 1 aliphatic heterocycles. The number of hydrogen-bond donors (Lipinski definition) is 0. The lowest BCUT2D eigenvalue weighted by molar-refractivity contribution is -0.141. The van der Waals surface area contributed by atoms with Crippen LogP contribution in [0.5, 0.6) is 0 Å². The van der Waals surface area contributed by atoms with Crippen molar-refractivity contribution in [1.82, 2.24) is 14.8 Å². The van der Waals surface area contributed by atoms with Crippen molar-refractivity contribution < 1.29 is 9.53 Å². The molecule has 4 aromatic rings. The molecule has 174 valence electrons. The second kappa shape index (κ2) is 8.93. The molecule has 3 heterocycles. The predicted molar refractivity (Wildman–Crippen MR) is 135 cm³/mol. The summed E-state index contributed by atoms with van der Waals surface area (Å²) < 4.78 is 6.97. The fraction of sp³-hybridized carbons (Fsp3) is 0.222. The van der Waals surface area contributed by atoms with Gasteiger partial charge >= 0.3 is 5.97 Å². The number of aryl methyl sites for hydroxylation is 2. The van der Waals surface area contributed by atoms with Crippen LogP contribution in [-0.4, -0.2) is 33.6 Å². The van der Waals surface area contributed by atoms with E-state index in [0.29, 0.717) is 11.4 Å². The summed E-state index contributed by atoms with van der Waals surface area (Å²) in [5.74, 6) is 1.02. The summed E-state index contributed by atoms with van der Waals surface area (Å²) in [7, 11) is 1.38. The zero-order valence-corrected chi connectivity index (χ0v) is 20.7. The Bertz CT molecular complexity index is 1520. The van der Waals surface area contributed by atoms with Crippen LogP contribution in [0.1, 0.15) is 51.2 Å². The maximum absolute atomic E-state index is 12.3. The molecule has 7 nitrogen and oxygen atoms in total. The Balaban J connectivity index is 1.69. The number of aromatic nitrogens is 3. The highest BCUT2D eigenvalue weighted by Crippen LogP contribution is 2.39. The fourth-order valence-electron chi connectivity index (χ4n) is 4.41. The van der Waals surface area contributed by atoms with Gasteiger partial charge in [-0.2, -0.15) is 5.26 Å². The number of carbonyl (C=O) groups is 1. The molecule has 0 fully saturated rings. The Labute approximate surface area is 207 Å². The third-order valence-electron chi connectivity index (χ3n) is 6.34. The number of nitriles is 1. The highest BCUT2D eigenvalue weighted by atomic mass is 32.1. The first-order valence-electron chi connectivity index (χ1n) is 11.2. The Hall–Kier alpha value is -4.09. The first-order chi connectivity index (χ1) is 16.9. The van der Waals surface area contributed by atoms with Crippen LogP contribution in [0.3, 0.4) is 0 Å². The second-order valence-corrected chi connectivity index (χ2v) is 9.62. The number of ether oxygens (including phenoxy) is 1. The van der Waals surface area contributed by atoms with E-state index in [1.807, 2.05) is 60.0 Å². The quantitative estimate of drug-likeness (QED) is 0.371. The lowest BCUT2D eigenvalue weighted by Crippen LogP contribution is -2.12. The number of esters is 1. The molecule has 5 rings (SSSR count). The zero-order valence-electron chi connectivity index (χ0n) is 19.9. The van der Waals surface area contributed by atoms with E-state index in [1.54, 1.807) is 11.3 Å². The number of rotatable bonds is 4. The molecule has 0 saturated heterocycles. The molecule has 0 aliphatic carbocycles. The summed E-state index contributed by atoms with van der Waals surface area (Å²) in [6.07, 6.45) is 0.0682. The van der Waals surface area contributed by atoms with E-state index in [1.165, 1.54) is 12.0 Å². The molecule has 0 spiro atoms. The van der Waals surface area contributed by atoms with Crippen LogP contribution in [-0.2, 0) is 9.53 Å². The van der Waals surface area contributed by atoms with E-state index in [9.17, 15) is 10.1 Å². The van der Waals surface area contributed by atoms with Gasteiger partial charge in [0.25, 0.3) is 0 Å². The van der Waals surface area contributed by atoms with Crippen molar-refractivity contribution in [3.05, 3.63) is 87.3 Å².